The van der Waals surface area contributed by atoms with E-state index in [0.717, 1.165) is 21.1 Å². The van der Waals surface area contributed by atoms with E-state index in [1.807, 2.05) is 25.1 Å². The lowest BCUT2D eigenvalue weighted by molar-refractivity contribution is 0.340. The summed E-state index contributed by atoms with van der Waals surface area (Å²) in [7, 11) is 0. The van der Waals surface area contributed by atoms with E-state index in [4.69, 9.17) is 4.74 Å². The van der Waals surface area contributed by atoms with Gasteiger partial charge in [0.15, 0.2) is 0 Å². The lowest BCUT2D eigenvalue weighted by Gasteiger charge is -2.07. The van der Waals surface area contributed by atoms with Crippen LogP contribution in [0.3, 0.4) is 0 Å². The molecule has 0 N–H and O–H groups in total. The second kappa shape index (κ2) is 6.39. The average molecular weight is 370 g/mol. The van der Waals surface area contributed by atoms with Gasteiger partial charge >= 0.3 is 0 Å². The van der Waals surface area contributed by atoms with Crippen molar-refractivity contribution in [2.24, 2.45) is 0 Å². The maximum absolute atomic E-state index is 5.44. The van der Waals surface area contributed by atoms with Crippen molar-refractivity contribution in [3.8, 4) is 5.75 Å². The van der Waals surface area contributed by atoms with Crippen molar-refractivity contribution in [2.75, 3.05) is 6.61 Å². The van der Waals surface area contributed by atoms with Crippen LogP contribution in [0.5, 0.6) is 5.75 Å². The van der Waals surface area contributed by atoms with Gasteiger partial charge in [-0.25, -0.2) is 0 Å². The third kappa shape index (κ3) is 3.59. The van der Waals surface area contributed by atoms with Gasteiger partial charge in [0.05, 0.1) is 6.61 Å². The SMILES string of the molecule is CCOc1ccc(Cc2cc(Br)ccc2Br)cc1. The van der Waals surface area contributed by atoms with Gasteiger partial charge in [-0.2, -0.15) is 0 Å². The Labute approximate surface area is 124 Å². The average Bonchev–Trinajstić information content (AvgIpc) is 2.37. The summed E-state index contributed by atoms with van der Waals surface area (Å²) in [6.45, 7) is 2.70. The number of hydrogen-bond donors (Lipinski definition) is 0. The molecular weight excluding hydrogens is 356 g/mol. The highest BCUT2D eigenvalue weighted by Gasteiger charge is 2.03. The third-order valence-electron chi connectivity index (χ3n) is 2.64. The first kappa shape index (κ1) is 13.6. The van der Waals surface area contributed by atoms with Crippen LogP contribution in [0.15, 0.2) is 51.4 Å². The summed E-state index contributed by atoms with van der Waals surface area (Å²) in [4.78, 5) is 0. The predicted octanol–water partition coefficient (Wildman–Crippen LogP) is 5.20. The number of rotatable bonds is 4. The molecule has 18 heavy (non-hydrogen) atoms. The van der Waals surface area contributed by atoms with Gasteiger partial charge in [-0.1, -0.05) is 44.0 Å². The standard InChI is InChI=1S/C15H14Br2O/c1-2-18-14-6-3-11(4-7-14)9-12-10-13(16)5-8-15(12)17/h3-8,10H,2,9H2,1H3. The van der Waals surface area contributed by atoms with Crippen molar-refractivity contribution in [3.63, 3.8) is 0 Å². The molecule has 0 amide bonds. The molecule has 0 fully saturated rings. The maximum Gasteiger partial charge on any atom is 0.119 e. The molecule has 0 unspecified atom stereocenters. The molecule has 0 spiro atoms. The minimum absolute atomic E-state index is 0.705. The van der Waals surface area contributed by atoms with E-state index in [0.29, 0.717) is 6.61 Å². The van der Waals surface area contributed by atoms with Crippen molar-refractivity contribution in [1.82, 2.24) is 0 Å². The summed E-state index contributed by atoms with van der Waals surface area (Å²) in [6, 6.07) is 14.5. The minimum atomic E-state index is 0.705. The Bertz CT molecular complexity index is 521. The molecule has 0 radical (unpaired) electrons. The van der Waals surface area contributed by atoms with Gasteiger partial charge in [-0.15, -0.1) is 0 Å². The fourth-order valence-corrected chi connectivity index (χ4v) is 2.56. The third-order valence-corrected chi connectivity index (χ3v) is 3.90. The van der Waals surface area contributed by atoms with Crippen molar-refractivity contribution in [1.29, 1.82) is 0 Å². The van der Waals surface area contributed by atoms with Crippen molar-refractivity contribution >= 4 is 31.9 Å². The van der Waals surface area contributed by atoms with Gasteiger partial charge in [-0.05, 0) is 54.8 Å². The molecule has 0 saturated heterocycles. The number of ether oxygens (including phenoxy) is 1. The summed E-state index contributed by atoms with van der Waals surface area (Å²) in [5, 5.41) is 0. The predicted molar refractivity (Wildman–Crippen MR) is 82.3 cm³/mol. The molecule has 0 aliphatic carbocycles. The molecule has 0 bridgehead atoms. The van der Waals surface area contributed by atoms with Gasteiger partial charge in [-0.3, -0.25) is 0 Å². The van der Waals surface area contributed by atoms with E-state index in [2.05, 4.69) is 56.1 Å². The molecule has 2 rings (SSSR count). The first-order valence-corrected chi connectivity index (χ1v) is 7.43. The Hall–Kier alpha value is -0.800. The van der Waals surface area contributed by atoms with Gasteiger partial charge in [0.2, 0.25) is 0 Å². The Kier molecular flexibility index (Phi) is 4.84. The summed E-state index contributed by atoms with van der Waals surface area (Å²) in [5.74, 6) is 0.926. The number of benzene rings is 2. The van der Waals surface area contributed by atoms with Crippen LogP contribution in [0.2, 0.25) is 0 Å². The van der Waals surface area contributed by atoms with Crippen LogP contribution >= 0.6 is 31.9 Å². The van der Waals surface area contributed by atoms with E-state index < -0.39 is 0 Å². The zero-order valence-corrected chi connectivity index (χ0v) is 13.3. The zero-order valence-electron chi connectivity index (χ0n) is 10.1. The summed E-state index contributed by atoms with van der Waals surface area (Å²) >= 11 is 7.08. The van der Waals surface area contributed by atoms with Crippen molar-refractivity contribution in [2.45, 2.75) is 13.3 Å². The second-order valence-electron chi connectivity index (χ2n) is 3.99. The topological polar surface area (TPSA) is 9.23 Å². The fraction of sp³-hybridized carbons (Fsp3) is 0.200. The van der Waals surface area contributed by atoms with Crippen LogP contribution < -0.4 is 4.74 Å². The Morgan fingerprint density at radius 2 is 1.72 bits per heavy atom. The highest BCUT2D eigenvalue weighted by Crippen LogP contribution is 2.24. The van der Waals surface area contributed by atoms with E-state index in [9.17, 15) is 0 Å². The van der Waals surface area contributed by atoms with Crippen molar-refractivity contribution < 1.29 is 4.74 Å². The molecule has 2 aromatic carbocycles. The largest absolute Gasteiger partial charge is 0.494 e. The van der Waals surface area contributed by atoms with Crippen molar-refractivity contribution in [3.05, 3.63) is 62.5 Å². The van der Waals surface area contributed by atoms with Gasteiger partial charge in [0.25, 0.3) is 0 Å². The Morgan fingerprint density at radius 3 is 2.39 bits per heavy atom. The summed E-state index contributed by atoms with van der Waals surface area (Å²) in [6.07, 6.45) is 0.909. The smallest absolute Gasteiger partial charge is 0.119 e. The fourth-order valence-electron chi connectivity index (χ4n) is 1.77. The summed E-state index contributed by atoms with van der Waals surface area (Å²) in [5.41, 5.74) is 2.55. The van der Waals surface area contributed by atoms with Crippen LogP contribution in [0, 0.1) is 0 Å². The van der Waals surface area contributed by atoms with Crippen LogP contribution in [0.25, 0.3) is 0 Å². The molecule has 1 nitrogen and oxygen atoms in total. The van der Waals surface area contributed by atoms with Gasteiger partial charge < -0.3 is 4.74 Å². The first-order chi connectivity index (χ1) is 8.69. The quantitative estimate of drug-likeness (QED) is 0.719. The lowest BCUT2D eigenvalue weighted by Crippen LogP contribution is -1.93. The van der Waals surface area contributed by atoms with E-state index in [1.165, 1.54) is 11.1 Å². The molecule has 0 atom stereocenters. The number of halogens is 2. The van der Waals surface area contributed by atoms with Crippen LogP contribution in [-0.2, 0) is 6.42 Å². The monoisotopic (exact) mass is 368 g/mol. The Balaban J connectivity index is 2.15. The lowest BCUT2D eigenvalue weighted by atomic mass is 10.1. The maximum atomic E-state index is 5.44. The van der Waals surface area contributed by atoms with Crippen LogP contribution in [-0.4, -0.2) is 6.61 Å². The zero-order chi connectivity index (χ0) is 13.0. The van der Waals surface area contributed by atoms with Gasteiger partial charge in [0.1, 0.15) is 5.75 Å². The molecule has 0 aliphatic heterocycles. The van der Waals surface area contributed by atoms with E-state index in [-0.39, 0.29) is 0 Å². The first-order valence-electron chi connectivity index (χ1n) is 5.84. The molecule has 0 aromatic heterocycles. The highest BCUT2D eigenvalue weighted by molar-refractivity contribution is 9.11. The summed E-state index contributed by atoms with van der Waals surface area (Å²) < 4.78 is 7.68. The molecule has 0 heterocycles. The molecule has 3 heteroatoms. The molecule has 94 valence electrons. The van der Waals surface area contributed by atoms with Gasteiger partial charge in [0, 0.05) is 8.95 Å². The molecule has 0 saturated carbocycles. The Morgan fingerprint density at radius 1 is 1.00 bits per heavy atom. The number of hydrogen-bond acceptors (Lipinski definition) is 1. The normalized spacial score (nSPS) is 10.4. The van der Waals surface area contributed by atoms with Crippen LogP contribution in [0.4, 0.5) is 0 Å². The van der Waals surface area contributed by atoms with E-state index >= 15 is 0 Å². The highest BCUT2D eigenvalue weighted by atomic mass is 79.9. The van der Waals surface area contributed by atoms with E-state index in [1.54, 1.807) is 0 Å². The second-order valence-corrected chi connectivity index (χ2v) is 5.76. The molecule has 2 aromatic rings. The molecular formula is C15H14Br2O. The molecule has 0 aliphatic rings. The minimum Gasteiger partial charge on any atom is -0.494 e. The van der Waals surface area contributed by atoms with Crippen LogP contribution in [0.1, 0.15) is 18.1 Å².